The summed E-state index contributed by atoms with van der Waals surface area (Å²) in [6.07, 6.45) is 4.76. The van der Waals surface area contributed by atoms with E-state index >= 15 is 0 Å². The van der Waals surface area contributed by atoms with Gasteiger partial charge in [-0.15, -0.1) is 0 Å². The standard InChI is InChI=1S/C28H32F2N8/c1-16(2)38-17(3)34-27-23(29)5-19(6-25(27)38)22-7-26(31-10-24(22)30)35-28-32-8-18(9-33-28)11-37-14-20-12-36(4)13-21(20)15-37/h5-10,16,20-21H,11-15H2,1-4H3,(H,31,32,33,35)/t20-,21?/m1/s1. The fourth-order valence-electron chi connectivity index (χ4n) is 6.13. The fourth-order valence-corrected chi connectivity index (χ4v) is 6.13. The number of pyridine rings is 1. The molecule has 198 valence electrons. The number of likely N-dealkylation sites (tertiary alicyclic amines) is 2. The van der Waals surface area contributed by atoms with Crippen LogP contribution in [0.25, 0.3) is 22.2 Å². The molecule has 0 aliphatic carbocycles. The van der Waals surface area contributed by atoms with Gasteiger partial charge in [-0.05, 0) is 63.4 Å². The summed E-state index contributed by atoms with van der Waals surface area (Å²) >= 11 is 0. The van der Waals surface area contributed by atoms with Crippen LogP contribution in [0.2, 0.25) is 0 Å². The summed E-state index contributed by atoms with van der Waals surface area (Å²) in [5.41, 5.74) is 2.62. The lowest BCUT2D eigenvalue weighted by Gasteiger charge is -2.18. The average molecular weight is 519 g/mol. The predicted molar refractivity (Wildman–Crippen MR) is 143 cm³/mol. The molecule has 5 heterocycles. The molecule has 4 aromatic rings. The van der Waals surface area contributed by atoms with Gasteiger partial charge in [0.2, 0.25) is 5.95 Å². The van der Waals surface area contributed by atoms with Gasteiger partial charge in [-0.25, -0.2) is 28.7 Å². The Bertz CT molecular complexity index is 1470. The minimum atomic E-state index is -0.542. The molecule has 8 nitrogen and oxygen atoms in total. The molecule has 2 aliphatic rings. The van der Waals surface area contributed by atoms with E-state index < -0.39 is 11.6 Å². The number of benzene rings is 1. The van der Waals surface area contributed by atoms with Crippen LogP contribution >= 0.6 is 0 Å². The number of aryl methyl sites for hydroxylation is 1. The van der Waals surface area contributed by atoms with Crippen LogP contribution in [0.15, 0.2) is 36.8 Å². The van der Waals surface area contributed by atoms with Crippen LogP contribution in [0.1, 0.15) is 31.3 Å². The van der Waals surface area contributed by atoms with Crippen molar-refractivity contribution in [3.05, 3.63) is 59.8 Å². The van der Waals surface area contributed by atoms with Crippen molar-refractivity contribution in [1.82, 2.24) is 34.3 Å². The van der Waals surface area contributed by atoms with Crippen molar-refractivity contribution in [2.75, 3.05) is 38.5 Å². The molecule has 3 aromatic heterocycles. The Labute approximate surface area is 220 Å². The zero-order valence-corrected chi connectivity index (χ0v) is 22.1. The predicted octanol–water partition coefficient (Wildman–Crippen LogP) is 4.79. The topological polar surface area (TPSA) is 75.0 Å². The van der Waals surface area contributed by atoms with Gasteiger partial charge in [0.05, 0.1) is 11.7 Å². The Hall–Kier alpha value is -3.50. The first-order valence-electron chi connectivity index (χ1n) is 13.1. The lowest BCUT2D eigenvalue weighted by Crippen LogP contribution is -2.26. The molecular weight excluding hydrogens is 486 g/mol. The second kappa shape index (κ2) is 9.67. The summed E-state index contributed by atoms with van der Waals surface area (Å²) < 4.78 is 31.8. The van der Waals surface area contributed by atoms with Gasteiger partial charge in [-0.3, -0.25) is 4.90 Å². The van der Waals surface area contributed by atoms with E-state index in [4.69, 9.17) is 0 Å². The molecule has 0 bridgehead atoms. The quantitative estimate of drug-likeness (QED) is 0.393. The van der Waals surface area contributed by atoms with E-state index in [9.17, 15) is 8.78 Å². The fraction of sp³-hybridized carbons (Fsp3) is 0.429. The second-order valence-corrected chi connectivity index (χ2v) is 11.0. The molecule has 0 amide bonds. The minimum absolute atomic E-state index is 0.0843. The number of aromatic nitrogens is 5. The van der Waals surface area contributed by atoms with Crippen LogP contribution in [-0.4, -0.2) is 67.5 Å². The number of imidazole rings is 1. The van der Waals surface area contributed by atoms with E-state index in [1.807, 2.05) is 37.7 Å². The van der Waals surface area contributed by atoms with Gasteiger partial charge in [0.25, 0.3) is 0 Å². The molecule has 2 atom stereocenters. The average Bonchev–Trinajstić information content (AvgIpc) is 3.51. The number of hydrogen-bond acceptors (Lipinski definition) is 7. The van der Waals surface area contributed by atoms with Gasteiger partial charge in [0.1, 0.15) is 23.0 Å². The number of rotatable bonds is 6. The Morgan fingerprint density at radius 3 is 2.34 bits per heavy atom. The van der Waals surface area contributed by atoms with Crippen molar-refractivity contribution in [2.45, 2.75) is 33.4 Å². The summed E-state index contributed by atoms with van der Waals surface area (Å²) in [6, 6.07) is 4.73. The van der Waals surface area contributed by atoms with Crippen molar-refractivity contribution >= 4 is 22.8 Å². The molecule has 10 heteroatoms. The van der Waals surface area contributed by atoms with Gasteiger partial charge in [0.15, 0.2) is 5.82 Å². The first-order valence-corrected chi connectivity index (χ1v) is 13.1. The van der Waals surface area contributed by atoms with Gasteiger partial charge >= 0.3 is 0 Å². The van der Waals surface area contributed by atoms with E-state index in [0.29, 0.717) is 28.7 Å². The first kappa shape index (κ1) is 24.8. The Morgan fingerprint density at radius 2 is 1.66 bits per heavy atom. The van der Waals surface area contributed by atoms with Crippen molar-refractivity contribution in [3.63, 3.8) is 0 Å². The third-order valence-electron chi connectivity index (χ3n) is 7.70. The van der Waals surface area contributed by atoms with E-state index in [1.165, 1.54) is 19.2 Å². The zero-order valence-electron chi connectivity index (χ0n) is 22.1. The van der Waals surface area contributed by atoms with Crippen molar-refractivity contribution in [2.24, 2.45) is 11.8 Å². The summed E-state index contributed by atoms with van der Waals surface area (Å²) in [5.74, 6) is 1.94. The lowest BCUT2D eigenvalue weighted by atomic mass is 10.0. The monoisotopic (exact) mass is 518 g/mol. The van der Waals surface area contributed by atoms with Crippen molar-refractivity contribution in [3.8, 4) is 11.1 Å². The maximum atomic E-state index is 15.0. The molecule has 1 aromatic carbocycles. The lowest BCUT2D eigenvalue weighted by molar-refractivity contribution is 0.271. The van der Waals surface area contributed by atoms with Crippen LogP contribution in [0, 0.1) is 30.4 Å². The van der Waals surface area contributed by atoms with E-state index in [2.05, 4.69) is 42.1 Å². The zero-order chi connectivity index (χ0) is 26.6. The number of anilines is 2. The van der Waals surface area contributed by atoms with Crippen LogP contribution in [0.3, 0.4) is 0 Å². The number of hydrogen-bond donors (Lipinski definition) is 1. The van der Waals surface area contributed by atoms with Gasteiger partial charge in [-0.1, -0.05) is 0 Å². The summed E-state index contributed by atoms with van der Waals surface area (Å²) in [7, 11) is 2.20. The molecule has 1 N–H and O–H groups in total. The van der Waals surface area contributed by atoms with Crippen LogP contribution in [-0.2, 0) is 6.54 Å². The second-order valence-electron chi connectivity index (χ2n) is 11.0. The molecule has 0 spiro atoms. The molecule has 38 heavy (non-hydrogen) atoms. The molecule has 2 fully saturated rings. The Kier molecular flexibility index (Phi) is 6.31. The molecule has 6 rings (SSSR count). The molecule has 1 unspecified atom stereocenters. The van der Waals surface area contributed by atoms with Crippen molar-refractivity contribution in [1.29, 1.82) is 0 Å². The molecular formula is C28H32F2N8. The Morgan fingerprint density at radius 1 is 0.947 bits per heavy atom. The third kappa shape index (κ3) is 4.63. The van der Waals surface area contributed by atoms with Gasteiger partial charge in [0, 0.05) is 62.3 Å². The largest absolute Gasteiger partial charge is 0.326 e. The SMILES string of the molecule is Cc1nc2c(F)cc(-c3cc(Nc4ncc(CN5CC6CN(C)C[C@@H]6C5)cn4)ncc3F)cc2n1C(C)C. The highest BCUT2D eigenvalue weighted by Crippen LogP contribution is 2.33. The smallest absolute Gasteiger partial charge is 0.228 e. The van der Waals surface area contributed by atoms with Crippen molar-refractivity contribution < 1.29 is 8.78 Å². The minimum Gasteiger partial charge on any atom is -0.326 e. The highest BCUT2D eigenvalue weighted by molar-refractivity contribution is 5.84. The maximum Gasteiger partial charge on any atom is 0.228 e. The normalized spacial score (nSPS) is 20.1. The van der Waals surface area contributed by atoms with Crippen LogP contribution in [0.5, 0.6) is 0 Å². The first-order chi connectivity index (χ1) is 18.2. The molecule has 2 saturated heterocycles. The summed E-state index contributed by atoms with van der Waals surface area (Å²) in [5, 5.41) is 3.05. The maximum absolute atomic E-state index is 15.0. The molecule has 0 radical (unpaired) electrons. The van der Waals surface area contributed by atoms with Gasteiger partial charge < -0.3 is 14.8 Å². The van der Waals surface area contributed by atoms with Crippen LogP contribution < -0.4 is 5.32 Å². The third-order valence-corrected chi connectivity index (χ3v) is 7.70. The molecule has 2 aliphatic heterocycles. The van der Waals surface area contributed by atoms with E-state index in [1.54, 1.807) is 12.1 Å². The number of fused-ring (bicyclic) bond motifs is 2. The molecule has 0 saturated carbocycles. The number of nitrogens with one attached hydrogen (secondary N) is 1. The van der Waals surface area contributed by atoms with Gasteiger partial charge in [-0.2, -0.15) is 0 Å². The highest BCUT2D eigenvalue weighted by atomic mass is 19.1. The van der Waals surface area contributed by atoms with E-state index in [-0.39, 0.29) is 17.1 Å². The summed E-state index contributed by atoms with van der Waals surface area (Å²) in [4.78, 5) is 22.3. The Balaban J connectivity index is 1.20. The van der Waals surface area contributed by atoms with Crippen LogP contribution in [0.4, 0.5) is 20.5 Å². The number of nitrogens with zero attached hydrogens (tertiary/aromatic N) is 7. The van der Waals surface area contributed by atoms with E-state index in [0.717, 1.165) is 43.2 Å². The summed E-state index contributed by atoms with van der Waals surface area (Å²) in [6.45, 7) is 11.3. The number of halogens is 2. The highest BCUT2D eigenvalue weighted by Gasteiger charge is 2.38.